The fourth-order valence-corrected chi connectivity index (χ4v) is 2.01. The first-order chi connectivity index (χ1) is 8.29. The van der Waals surface area contributed by atoms with E-state index in [1.807, 2.05) is 12.1 Å². The summed E-state index contributed by atoms with van der Waals surface area (Å²) in [7, 11) is 0. The molecule has 1 fully saturated rings. The van der Waals surface area contributed by atoms with Gasteiger partial charge in [-0.25, -0.2) is 0 Å². The third-order valence-electron chi connectivity index (χ3n) is 3.10. The summed E-state index contributed by atoms with van der Waals surface area (Å²) in [5, 5.41) is 2.85. The second-order valence-electron chi connectivity index (χ2n) is 4.48. The summed E-state index contributed by atoms with van der Waals surface area (Å²) in [6.07, 6.45) is 2.84. The van der Waals surface area contributed by atoms with Gasteiger partial charge in [0.2, 0.25) is 5.91 Å². The predicted octanol–water partition coefficient (Wildman–Crippen LogP) is 2.47. The Hall–Kier alpha value is -1.51. The molecule has 0 bridgehead atoms. The Morgan fingerprint density at radius 1 is 1.35 bits per heavy atom. The van der Waals surface area contributed by atoms with Crippen LogP contribution in [0.15, 0.2) is 24.3 Å². The van der Waals surface area contributed by atoms with E-state index < -0.39 is 0 Å². The van der Waals surface area contributed by atoms with Gasteiger partial charge in [0.15, 0.2) is 0 Å². The smallest absolute Gasteiger partial charge is 0.220 e. The van der Waals surface area contributed by atoms with Crippen molar-refractivity contribution >= 4 is 5.91 Å². The maximum atomic E-state index is 11.1. The fraction of sp³-hybridized carbons (Fsp3) is 0.500. The first-order valence-corrected chi connectivity index (χ1v) is 6.29. The standard InChI is InChI=1S/C14H19NO2/c1-2-3-8-17-13-6-4-11(5-7-13)12-9-14(16)15-10-12/h4-7,12H,2-3,8-10H2,1H3,(H,15,16). The average molecular weight is 233 g/mol. The molecule has 0 aliphatic carbocycles. The van der Waals surface area contributed by atoms with Crippen LogP contribution in [0.25, 0.3) is 0 Å². The molecule has 92 valence electrons. The third kappa shape index (κ3) is 3.22. The number of unbranched alkanes of at least 4 members (excludes halogenated alkanes) is 1. The van der Waals surface area contributed by atoms with Gasteiger partial charge in [-0.05, 0) is 24.1 Å². The molecule has 1 saturated heterocycles. The van der Waals surface area contributed by atoms with Gasteiger partial charge in [-0.1, -0.05) is 25.5 Å². The summed E-state index contributed by atoms with van der Waals surface area (Å²) in [5.41, 5.74) is 1.21. The second-order valence-corrected chi connectivity index (χ2v) is 4.48. The summed E-state index contributed by atoms with van der Waals surface area (Å²) >= 11 is 0. The van der Waals surface area contributed by atoms with Crippen molar-refractivity contribution < 1.29 is 9.53 Å². The van der Waals surface area contributed by atoms with Crippen LogP contribution in [-0.4, -0.2) is 19.1 Å². The molecule has 3 nitrogen and oxygen atoms in total. The van der Waals surface area contributed by atoms with Crippen LogP contribution in [0.4, 0.5) is 0 Å². The highest BCUT2D eigenvalue weighted by atomic mass is 16.5. The highest BCUT2D eigenvalue weighted by molar-refractivity contribution is 5.79. The van der Waals surface area contributed by atoms with E-state index in [0.29, 0.717) is 12.3 Å². The van der Waals surface area contributed by atoms with Gasteiger partial charge in [0.25, 0.3) is 0 Å². The van der Waals surface area contributed by atoms with Crippen LogP contribution in [0.3, 0.4) is 0 Å². The number of rotatable bonds is 5. The van der Waals surface area contributed by atoms with E-state index in [4.69, 9.17) is 4.74 Å². The summed E-state index contributed by atoms with van der Waals surface area (Å²) in [5.74, 6) is 1.39. The average Bonchev–Trinajstić information content (AvgIpc) is 2.77. The predicted molar refractivity (Wildman–Crippen MR) is 67.2 cm³/mol. The molecule has 2 rings (SSSR count). The summed E-state index contributed by atoms with van der Waals surface area (Å²) in [4.78, 5) is 11.1. The molecule has 1 aromatic carbocycles. The van der Waals surface area contributed by atoms with Crippen molar-refractivity contribution in [2.45, 2.75) is 32.1 Å². The molecule has 3 heteroatoms. The van der Waals surface area contributed by atoms with E-state index in [0.717, 1.165) is 31.7 Å². The van der Waals surface area contributed by atoms with E-state index in [9.17, 15) is 4.79 Å². The number of carbonyl (C=O) groups is 1. The molecule has 1 aromatic rings. The molecule has 0 saturated carbocycles. The highest BCUT2D eigenvalue weighted by Gasteiger charge is 2.22. The van der Waals surface area contributed by atoms with E-state index >= 15 is 0 Å². The van der Waals surface area contributed by atoms with Crippen molar-refractivity contribution in [3.63, 3.8) is 0 Å². The van der Waals surface area contributed by atoms with Gasteiger partial charge in [-0.3, -0.25) is 4.79 Å². The van der Waals surface area contributed by atoms with Crippen LogP contribution in [0.5, 0.6) is 5.75 Å². The van der Waals surface area contributed by atoms with Gasteiger partial charge < -0.3 is 10.1 Å². The normalized spacial score (nSPS) is 19.1. The molecule has 17 heavy (non-hydrogen) atoms. The topological polar surface area (TPSA) is 38.3 Å². The van der Waals surface area contributed by atoms with Gasteiger partial charge in [0, 0.05) is 18.9 Å². The summed E-state index contributed by atoms with van der Waals surface area (Å²) in [6, 6.07) is 8.11. The summed E-state index contributed by atoms with van der Waals surface area (Å²) < 4.78 is 5.60. The van der Waals surface area contributed by atoms with Crippen molar-refractivity contribution in [1.82, 2.24) is 5.32 Å². The molecule has 1 heterocycles. The number of hydrogen-bond acceptors (Lipinski definition) is 2. The molecule has 1 unspecified atom stereocenters. The highest BCUT2D eigenvalue weighted by Crippen LogP contribution is 2.24. The summed E-state index contributed by atoms with van der Waals surface area (Å²) in [6.45, 7) is 3.69. The zero-order valence-corrected chi connectivity index (χ0v) is 10.2. The minimum Gasteiger partial charge on any atom is -0.494 e. The molecule has 1 atom stereocenters. The number of amides is 1. The van der Waals surface area contributed by atoms with Crippen LogP contribution < -0.4 is 10.1 Å². The number of carbonyl (C=O) groups excluding carboxylic acids is 1. The van der Waals surface area contributed by atoms with Crippen LogP contribution in [-0.2, 0) is 4.79 Å². The Balaban J connectivity index is 1.91. The van der Waals surface area contributed by atoms with Crippen LogP contribution in [0.1, 0.15) is 37.7 Å². The van der Waals surface area contributed by atoms with E-state index in [1.54, 1.807) is 0 Å². The third-order valence-corrected chi connectivity index (χ3v) is 3.10. The van der Waals surface area contributed by atoms with Gasteiger partial charge in [-0.2, -0.15) is 0 Å². The van der Waals surface area contributed by atoms with E-state index in [-0.39, 0.29) is 5.91 Å². The van der Waals surface area contributed by atoms with E-state index in [1.165, 1.54) is 5.56 Å². The lowest BCUT2D eigenvalue weighted by Gasteiger charge is -2.09. The monoisotopic (exact) mass is 233 g/mol. The number of ether oxygens (including phenoxy) is 1. The van der Waals surface area contributed by atoms with Gasteiger partial charge >= 0.3 is 0 Å². The molecule has 1 aliphatic heterocycles. The fourth-order valence-electron chi connectivity index (χ4n) is 2.01. The second kappa shape index (κ2) is 5.71. The van der Waals surface area contributed by atoms with Crippen LogP contribution in [0, 0.1) is 0 Å². The molecule has 1 amide bonds. The molecule has 1 N–H and O–H groups in total. The SMILES string of the molecule is CCCCOc1ccc(C2CNC(=O)C2)cc1. The maximum Gasteiger partial charge on any atom is 0.220 e. The van der Waals surface area contributed by atoms with Crippen molar-refractivity contribution in [3.05, 3.63) is 29.8 Å². The lowest BCUT2D eigenvalue weighted by atomic mass is 9.98. The lowest BCUT2D eigenvalue weighted by Crippen LogP contribution is -2.13. The van der Waals surface area contributed by atoms with E-state index in [2.05, 4.69) is 24.4 Å². The largest absolute Gasteiger partial charge is 0.494 e. The van der Waals surface area contributed by atoms with Crippen LogP contribution in [0.2, 0.25) is 0 Å². The van der Waals surface area contributed by atoms with Crippen molar-refractivity contribution in [2.75, 3.05) is 13.2 Å². The molecular weight excluding hydrogens is 214 g/mol. The Morgan fingerprint density at radius 2 is 2.12 bits per heavy atom. The van der Waals surface area contributed by atoms with Crippen molar-refractivity contribution in [2.24, 2.45) is 0 Å². The molecule has 0 spiro atoms. The Kier molecular flexibility index (Phi) is 4.02. The van der Waals surface area contributed by atoms with Gasteiger partial charge in [0.05, 0.1) is 6.61 Å². The Morgan fingerprint density at radius 3 is 2.71 bits per heavy atom. The quantitative estimate of drug-likeness (QED) is 0.793. The van der Waals surface area contributed by atoms with Gasteiger partial charge in [0.1, 0.15) is 5.75 Å². The molecule has 0 radical (unpaired) electrons. The number of nitrogens with one attached hydrogen (secondary N) is 1. The molecular formula is C14H19NO2. The Bertz CT molecular complexity index is 372. The van der Waals surface area contributed by atoms with Crippen molar-refractivity contribution in [1.29, 1.82) is 0 Å². The first-order valence-electron chi connectivity index (χ1n) is 6.29. The number of benzene rings is 1. The zero-order chi connectivity index (χ0) is 12.1. The van der Waals surface area contributed by atoms with Crippen LogP contribution >= 0.6 is 0 Å². The maximum absolute atomic E-state index is 11.1. The first kappa shape index (κ1) is 12.0. The Labute approximate surface area is 102 Å². The molecule has 0 aromatic heterocycles. The van der Waals surface area contributed by atoms with Gasteiger partial charge in [-0.15, -0.1) is 0 Å². The zero-order valence-electron chi connectivity index (χ0n) is 10.2. The minimum absolute atomic E-state index is 0.151. The minimum atomic E-state index is 0.151. The van der Waals surface area contributed by atoms with Crippen molar-refractivity contribution in [3.8, 4) is 5.75 Å². The number of hydrogen-bond donors (Lipinski definition) is 1. The lowest BCUT2D eigenvalue weighted by molar-refractivity contribution is -0.119. The molecule has 1 aliphatic rings.